The number of carboxylic acids is 1. The lowest BCUT2D eigenvalue weighted by Gasteiger charge is -2.46. The number of likely N-dealkylation sites (N-methyl/N-ethyl adjacent to an activating group) is 1. The van der Waals surface area contributed by atoms with E-state index in [1.807, 2.05) is 13.0 Å². The first-order valence-corrected chi connectivity index (χ1v) is 11.8. The zero-order chi connectivity index (χ0) is 24.0. The van der Waals surface area contributed by atoms with Gasteiger partial charge in [0.05, 0.1) is 29.8 Å². The standard InChI is InChI=1S/C22H29N5O5S/c1-11-17-16(12(2)28)21(30)27(17)18(22(31)32)19(11)33-14-7-15(20(29)25(3)4)26(9-14)8-13-5-6-23-10-24-13/h5-6,10-12,14-17,28H,7-9H2,1-4H3,(H,31,32)/t11-,12-,14+,15+,16-,17-/m1/s1. The fraction of sp³-hybridized carbons (Fsp3) is 0.591. The molecule has 0 spiro atoms. The molecule has 2 amide bonds. The van der Waals surface area contributed by atoms with Crippen LogP contribution in [0.2, 0.25) is 0 Å². The SMILES string of the molecule is C[C@@H](O)[C@H]1C(=O)N2C(C(=O)O)=C(S[C@H]3C[C@@H](C(=O)N(C)C)N(Cc4ccncn4)C3)[C@H](C)[C@H]12. The van der Waals surface area contributed by atoms with Gasteiger partial charge in [0.25, 0.3) is 0 Å². The van der Waals surface area contributed by atoms with Crippen LogP contribution < -0.4 is 0 Å². The lowest BCUT2D eigenvalue weighted by atomic mass is 9.79. The number of hydrogen-bond acceptors (Lipinski definition) is 8. The lowest BCUT2D eigenvalue weighted by Crippen LogP contribution is -2.63. The predicted octanol–water partition coefficient (Wildman–Crippen LogP) is 0.395. The summed E-state index contributed by atoms with van der Waals surface area (Å²) in [5, 5.41) is 19.9. The molecule has 0 aliphatic carbocycles. The molecule has 0 aromatic carbocycles. The van der Waals surface area contributed by atoms with Gasteiger partial charge in [-0.25, -0.2) is 14.8 Å². The summed E-state index contributed by atoms with van der Waals surface area (Å²) in [5.74, 6) is -2.27. The summed E-state index contributed by atoms with van der Waals surface area (Å²) in [6, 6.07) is 1.12. The zero-order valence-corrected chi connectivity index (χ0v) is 19.9. The Morgan fingerprint density at radius 2 is 2.09 bits per heavy atom. The highest BCUT2D eigenvalue weighted by molar-refractivity contribution is 8.03. The van der Waals surface area contributed by atoms with Crippen LogP contribution >= 0.6 is 11.8 Å². The number of carbonyl (C=O) groups excluding carboxylic acids is 2. The summed E-state index contributed by atoms with van der Waals surface area (Å²) in [4.78, 5) is 51.4. The fourth-order valence-electron chi connectivity index (χ4n) is 5.15. The number of amides is 2. The molecule has 3 aliphatic rings. The van der Waals surface area contributed by atoms with Crippen LogP contribution in [-0.2, 0) is 20.9 Å². The third-order valence-electron chi connectivity index (χ3n) is 6.70. The number of carbonyl (C=O) groups is 3. The van der Waals surface area contributed by atoms with Crippen molar-refractivity contribution in [1.82, 2.24) is 24.7 Å². The molecule has 1 aromatic heterocycles. The van der Waals surface area contributed by atoms with Gasteiger partial charge < -0.3 is 20.0 Å². The molecule has 2 N–H and O–H groups in total. The average Bonchev–Trinajstić information content (AvgIpc) is 3.25. The molecular weight excluding hydrogens is 446 g/mol. The third-order valence-corrected chi connectivity index (χ3v) is 8.20. The molecule has 1 aromatic rings. The highest BCUT2D eigenvalue weighted by Gasteiger charge is 2.60. The second kappa shape index (κ2) is 9.03. The van der Waals surface area contributed by atoms with E-state index in [1.165, 1.54) is 23.0 Å². The topological polar surface area (TPSA) is 127 Å². The molecule has 0 radical (unpaired) electrons. The van der Waals surface area contributed by atoms with Crippen molar-refractivity contribution in [2.75, 3.05) is 20.6 Å². The van der Waals surface area contributed by atoms with Crippen molar-refractivity contribution in [3.63, 3.8) is 0 Å². The number of aliphatic carboxylic acids is 1. The maximum absolute atomic E-state index is 12.9. The summed E-state index contributed by atoms with van der Waals surface area (Å²) < 4.78 is 0. The summed E-state index contributed by atoms with van der Waals surface area (Å²) in [6.07, 6.45) is 2.87. The van der Waals surface area contributed by atoms with Gasteiger partial charge in [-0.3, -0.25) is 14.5 Å². The minimum absolute atomic E-state index is 0.00719. The minimum Gasteiger partial charge on any atom is -0.477 e. The van der Waals surface area contributed by atoms with E-state index in [-0.39, 0.29) is 40.8 Å². The molecule has 0 saturated carbocycles. The second-order valence-corrected chi connectivity index (χ2v) is 10.5. The van der Waals surface area contributed by atoms with Crippen LogP contribution in [0.1, 0.15) is 26.0 Å². The van der Waals surface area contributed by atoms with Gasteiger partial charge >= 0.3 is 5.97 Å². The Hall–Kier alpha value is -2.50. The number of β-lactam (4-membered cyclic amide) rings is 1. The quantitative estimate of drug-likeness (QED) is 0.539. The van der Waals surface area contributed by atoms with Gasteiger partial charge in [0.1, 0.15) is 12.0 Å². The molecule has 6 atom stereocenters. The number of fused-ring (bicyclic) bond motifs is 1. The van der Waals surface area contributed by atoms with Gasteiger partial charge in [-0.15, -0.1) is 11.8 Å². The predicted molar refractivity (Wildman–Crippen MR) is 121 cm³/mol. The summed E-state index contributed by atoms with van der Waals surface area (Å²) in [5.41, 5.74) is 0.825. The van der Waals surface area contributed by atoms with Crippen LogP contribution in [0.25, 0.3) is 0 Å². The van der Waals surface area contributed by atoms with Crippen LogP contribution in [0, 0.1) is 11.8 Å². The highest BCUT2D eigenvalue weighted by Crippen LogP contribution is 2.52. The highest BCUT2D eigenvalue weighted by atomic mass is 32.2. The van der Waals surface area contributed by atoms with E-state index in [1.54, 1.807) is 32.1 Å². The zero-order valence-electron chi connectivity index (χ0n) is 19.1. The number of nitrogens with zero attached hydrogens (tertiary/aromatic N) is 5. The van der Waals surface area contributed by atoms with E-state index in [2.05, 4.69) is 14.9 Å². The molecule has 3 aliphatic heterocycles. The van der Waals surface area contributed by atoms with Crippen molar-refractivity contribution in [2.45, 2.75) is 50.3 Å². The first-order valence-electron chi connectivity index (χ1n) is 11.0. The van der Waals surface area contributed by atoms with Crippen molar-refractivity contribution >= 4 is 29.5 Å². The number of aliphatic hydroxyl groups is 1. The van der Waals surface area contributed by atoms with Crippen molar-refractivity contribution in [2.24, 2.45) is 11.8 Å². The number of likely N-dealkylation sites (tertiary alicyclic amines) is 1. The molecule has 2 fully saturated rings. The van der Waals surface area contributed by atoms with Gasteiger partial charge in [0.2, 0.25) is 11.8 Å². The smallest absolute Gasteiger partial charge is 0.353 e. The second-order valence-electron chi connectivity index (χ2n) is 9.13. The molecule has 0 bridgehead atoms. The average molecular weight is 476 g/mol. The summed E-state index contributed by atoms with van der Waals surface area (Å²) in [7, 11) is 3.45. The molecule has 178 valence electrons. The van der Waals surface area contributed by atoms with Gasteiger partial charge in [0, 0.05) is 49.5 Å². The van der Waals surface area contributed by atoms with Crippen LogP contribution in [0.15, 0.2) is 29.2 Å². The molecular formula is C22H29N5O5S. The molecule has 11 heteroatoms. The first kappa shape index (κ1) is 23.7. The van der Waals surface area contributed by atoms with Gasteiger partial charge in [-0.2, -0.15) is 0 Å². The maximum atomic E-state index is 12.9. The largest absolute Gasteiger partial charge is 0.477 e. The van der Waals surface area contributed by atoms with Gasteiger partial charge in [0.15, 0.2) is 0 Å². The van der Waals surface area contributed by atoms with Crippen molar-refractivity contribution < 1.29 is 24.6 Å². The Labute approximate surface area is 196 Å². The van der Waals surface area contributed by atoms with Crippen molar-refractivity contribution in [1.29, 1.82) is 0 Å². The molecule has 4 rings (SSSR count). The Balaban J connectivity index is 1.57. The summed E-state index contributed by atoms with van der Waals surface area (Å²) >= 11 is 1.45. The van der Waals surface area contributed by atoms with Crippen molar-refractivity contribution in [3.8, 4) is 0 Å². The number of rotatable bonds is 7. The Bertz CT molecular complexity index is 985. The van der Waals surface area contributed by atoms with Crippen LogP contribution in [-0.4, -0.2) is 96.7 Å². The maximum Gasteiger partial charge on any atom is 0.353 e. The molecule has 33 heavy (non-hydrogen) atoms. The number of carboxylic acid groups (broad SMARTS) is 1. The molecule has 2 saturated heterocycles. The monoisotopic (exact) mass is 475 g/mol. The van der Waals surface area contributed by atoms with E-state index in [0.29, 0.717) is 24.4 Å². The van der Waals surface area contributed by atoms with E-state index in [4.69, 9.17) is 0 Å². The van der Waals surface area contributed by atoms with E-state index in [9.17, 15) is 24.6 Å². The Morgan fingerprint density at radius 1 is 1.36 bits per heavy atom. The Kier molecular flexibility index (Phi) is 6.47. The van der Waals surface area contributed by atoms with E-state index < -0.39 is 18.0 Å². The lowest BCUT2D eigenvalue weighted by molar-refractivity contribution is -0.163. The Morgan fingerprint density at radius 3 is 2.67 bits per heavy atom. The van der Waals surface area contributed by atoms with Gasteiger partial charge in [-0.1, -0.05) is 6.92 Å². The molecule has 0 unspecified atom stereocenters. The van der Waals surface area contributed by atoms with Crippen LogP contribution in [0.5, 0.6) is 0 Å². The number of aromatic nitrogens is 2. The fourth-order valence-corrected chi connectivity index (χ4v) is 6.71. The van der Waals surface area contributed by atoms with E-state index in [0.717, 1.165) is 5.69 Å². The van der Waals surface area contributed by atoms with Crippen molar-refractivity contribution in [3.05, 3.63) is 34.9 Å². The minimum atomic E-state index is -1.14. The summed E-state index contributed by atoms with van der Waals surface area (Å²) in [6.45, 7) is 4.55. The number of thioether (sulfide) groups is 1. The first-order chi connectivity index (χ1) is 15.6. The molecule has 10 nitrogen and oxygen atoms in total. The number of aliphatic hydroxyl groups excluding tert-OH is 1. The van der Waals surface area contributed by atoms with Gasteiger partial charge in [-0.05, 0) is 19.4 Å². The van der Waals surface area contributed by atoms with E-state index >= 15 is 0 Å². The van der Waals surface area contributed by atoms with Crippen LogP contribution in [0.4, 0.5) is 0 Å². The number of hydrogen-bond donors (Lipinski definition) is 2. The third kappa shape index (κ3) is 4.13. The normalized spacial score (nSPS) is 30.3. The molecule has 4 heterocycles. The van der Waals surface area contributed by atoms with Crippen LogP contribution in [0.3, 0.4) is 0 Å².